The minimum absolute atomic E-state index is 0.0994. The number of hydrogen-bond donors (Lipinski definition) is 1. The van der Waals surface area contributed by atoms with Crippen molar-refractivity contribution in [3.05, 3.63) is 64.4 Å². The van der Waals surface area contributed by atoms with E-state index in [2.05, 4.69) is 38.1 Å². The van der Waals surface area contributed by atoms with E-state index in [-0.39, 0.29) is 5.56 Å². The molecule has 28 heavy (non-hydrogen) atoms. The number of aromatic amines is 1. The van der Waals surface area contributed by atoms with E-state index >= 15 is 0 Å². The van der Waals surface area contributed by atoms with Gasteiger partial charge in [-0.2, -0.15) is 5.10 Å². The van der Waals surface area contributed by atoms with E-state index in [1.807, 2.05) is 22.9 Å². The average Bonchev–Trinajstić information content (AvgIpc) is 3.17. The summed E-state index contributed by atoms with van der Waals surface area (Å²) in [5, 5.41) is 7.31. The number of H-pyrrole nitrogens is 1. The van der Waals surface area contributed by atoms with Gasteiger partial charge < -0.3 is 4.57 Å². The third kappa shape index (κ3) is 3.16. The molecule has 1 fully saturated rings. The number of pyridine rings is 2. The minimum atomic E-state index is 0.0994. The second kappa shape index (κ2) is 6.98. The fraction of sp³-hybridized carbons (Fsp3) is 0.429. The van der Waals surface area contributed by atoms with Crippen LogP contribution in [0.25, 0.3) is 11.1 Å². The molecular weight excluding hydrogens is 352 g/mol. The van der Waals surface area contributed by atoms with E-state index in [0.717, 1.165) is 67.5 Å². The summed E-state index contributed by atoms with van der Waals surface area (Å²) in [5.74, 6) is 2.66. The van der Waals surface area contributed by atoms with E-state index in [0.29, 0.717) is 11.8 Å². The van der Waals surface area contributed by atoms with Crippen molar-refractivity contribution < 1.29 is 0 Å². The van der Waals surface area contributed by atoms with Gasteiger partial charge in [-0.05, 0) is 30.0 Å². The lowest BCUT2D eigenvalue weighted by Crippen LogP contribution is -2.46. The highest BCUT2D eigenvalue weighted by molar-refractivity contribution is 5.62. The lowest BCUT2D eigenvalue weighted by molar-refractivity contribution is 0.112. The zero-order valence-electron chi connectivity index (χ0n) is 16.0. The molecular formula is C21H24N6O. The van der Waals surface area contributed by atoms with Gasteiger partial charge in [0.1, 0.15) is 11.6 Å². The summed E-state index contributed by atoms with van der Waals surface area (Å²) in [7, 11) is 0. The number of likely N-dealkylation sites (tertiary alicyclic amines) is 1. The molecule has 1 N–H and O–H groups in total. The van der Waals surface area contributed by atoms with Crippen LogP contribution in [0.4, 0.5) is 0 Å². The van der Waals surface area contributed by atoms with Crippen LogP contribution in [0.1, 0.15) is 36.6 Å². The monoisotopic (exact) mass is 376 g/mol. The molecule has 7 heteroatoms. The van der Waals surface area contributed by atoms with E-state index in [1.54, 1.807) is 12.3 Å². The van der Waals surface area contributed by atoms with Gasteiger partial charge in [0.05, 0.1) is 6.54 Å². The molecule has 0 spiro atoms. The molecule has 5 rings (SSSR count). The molecule has 0 unspecified atom stereocenters. The number of fused-ring (bicyclic) bond motifs is 4. The first-order chi connectivity index (χ1) is 13.7. The Hall–Kier alpha value is -2.80. The predicted octanol–water partition coefficient (Wildman–Crippen LogP) is 2.21. The van der Waals surface area contributed by atoms with Crippen LogP contribution in [0.2, 0.25) is 0 Å². The van der Waals surface area contributed by atoms with Crippen molar-refractivity contribution >= 4 is 0 Å². The first-order valence-electron chi connectivity index (χ1n) is 9.97. The molecule has 2 atom stereocenters. The maximum Gasteiger partial charge on any atom is 0.251 e. The molecule has 1 saturated heterocycles. The predicted molar refractivity (Wildman–Crippen MR) is 106 cm³/mol. The number of piperidine rings is 1. The van der Waals surface area contributed by atoms with Crippen LogP contribution in [0, 0.1) is 5.92 Å². The highest BCUT2D eigenvalue weighted by atomic mass is 16.1. The molecule has 0 radical (unpaired) electrons. The molecule has 0 saturated carbocycles. The summed E-state index contributed by atoms with van der Waals surface area (Å²) < 4.78 is 1.99. The van der Waals surface area contributed by atoms with Gasteiger partial charge in [0.15, 0.2) is 0 Å². The van der Waals surface area contributed by atoms with Gasteiger partial charge >= 0.3 is 0 Å². The fourth-order valence-corrected chi connectivity index (χ4v) is 4.66. The van der Waals surface area contributed by atoms with Crippen molar-refractivity contribution in [1.82, 2.24) is 29.6 Å². The Labute approximate surface area is 163 Å². The standard InChI is InChI=1S/C21H24N6O/c1-2-19-23-20(25-24-19)13-26-10-14-6-17(12-26)18-7-16(8-21(28)27(18)11-14)15-4-3-5-22-9-15/h3-5,7-9,14,17H,2,6,10-13H2,1H3,(H,23,24,25)/t14-,17+/m0/s1. The van der Waals surface area contributed by atoms with E-state index in [4.69, 9.17) is 0 Å². The van der Waals surface area contributed by atoms with Gasteiger partial charge in [-0.25, -0.2) is 4.98 Å². The fourth-order valence-electron chi connectivity index (χ4n) is 4.66. The summed E-state index contributed by atoms with van der Waals surface area (Å²) in [6.07, 6.45) is 5.56. The van der Waals surface area contributed by atoms with Crippen LogP contribution in [-0.4, -0.2) is 42.7 Å². The van der Waals surface area contributed by atoms with Crippen molar-refractivity contribution in [1.29, 1.82) is 0 Å². The number of aromatic nitrogens is 5. The van der Waals surface area contributed by atoms with Crippen LogP contribution in [0.5, 0.6) is 0 Å². The molecule has 3 aromatic rings. The Bertz CT molecular complexity index is 1040. The summed E-state index contributed by atoms with van der Waals surface area (Å²) in [6, 6.07) is 7.85. The summed E-state index contributed by atoms with van der Waals surface area (Å²) in [6.45, 7) is 5.58. The second-order valence-electron chi connectivity index (χ2n) is 7.90. The third-order valence-corrected chi connectivity index (χ3v) is 5.89. The summed E-state index contributed by atoms with van der Waals surface area (Å²) in [5.41, 5.74) is 3.20. The molecule has 144 valence electrons. The van der Waals surface area contributed by atoms with Gasteiger partial charge in [0.2, 0.25) is 0 Å². The van der Waals surface area contributed by atoms with E-state index < -0.39 is 0 Å². The smallest absolute Gasteiger partial charge is 0.251 e. The van der Waals surface area contributed by atoms with E-state index in [9.17, 15) is 4.79 Å². The first-order valence-corrected chi connectivity index (χ1v) is 9.97. The molecule has 0 aliphatic carbocycles. The van der Waals surface area contributed by atoms with Crippen LogP contribution >= 0.6 is 0 Å². The van der Waals surface area contributed by atoms with Crippen LogP contribution in [-0.2, 0) is 19.5 Å². The normalized spacial score (nSPS) is 21.5. The Balaban J connectivity index is 1.43. The quantitative estimate of drug-likeness (QED) is 0.755. The Morgan fingerprint density at radius 1 is 1.21 bits per heavy atom. The highest BCUT2D eigenvalue weighted by Crippen LogP contribution is 2.36. The number of nitrogens with zero attached hydrogens (tertiary/aromatic N) is 5. The number of nitrogens with one attached hydrogen (secondary N) is 1. The van der Waals surface area contributed by atoms with E-state index in [1.165, 1.54) is 0 Å². The molecule has 0 aromatic carbocycles. The topological polar surface area (TPSA) is 79.7 Å². The highest BCUT2D eigenvalue weighted by Gasteiger charge is 2.35. The van der Waals surface area contributed by atoms with Crippen molar-refractivity contribution in [3.63, 3.8) is 0 Å². The molecule has 2 aliphatic heterocycles. The zero-order valence-corrected chi connectivity index (χ0v) is 16.0. The van der Waals surface area contributed by atoms with Crippen LogP contribution in [0.3, 0.4) is 0 Å². The van der Waals surface area contributed by atoms with Crippen LogP contribution < -0.4 is 5.56 Å². The van der Waals surface area contributed by atoms with Gasteiger partial charge in [0, 0.05) is 61.7 Å². The zero-order chi connectivity index (χ0) is 19.1. The van der Waals surface area contributed by atoms with Crippen molar-refractivity contribution in [3.8, 4) is 11.1 Å². The van der Waals surface area contributed by atoms with Crippen molar-refractivity contribution in [2.45, 2.75) is 38.8 Å². The van der Waals surface area contributed by atoms with Gasteiger partial charge in [0.25, 0.3) is 5.56 Å². The first kappa shape index (κ1) is 17.3. The summed E-state index contributed by atoms with van der Waals surface area (Å²) in [4.78, 5) is 24.0. The van der Waals surface area contributed by atoms with Gasteiger partial charge in [-0.15, -0.1) is 0 Å². The number of rotatable bonds is 4. The molecule has 2 bridgehead atoms. The lowest BCUT2D eigenvalue weighted by atomic mass is 9.82. The average molecular weight is 376 g/mol. The van der Waals surface area contributed by atoms with Crippen molar-refractivity contribution in [2.24, 2.45) is 5.92 Å². The maximum absolute atomic E-state index is 12.8. The number of aryl methyl sites for hydroxylation is 1. The molecule has 3 aromatic heterocycles. The van der Waals surface area contributed by atoms with Gasteiger partial charge in [-0.3, -0.25) is 19.8 Å². The van der Waals surface area contributed by atoms with Gasteiger partial charge in [-0.1, -0.05) is 13.0 Å². The summed E-state index contributed by atoms with van der Waals surface area (Å²) >= 11 is 0. The SMILES string of the molecule is CCc1n[nH]c(CN2C[C@@H]3C[C@H](C2)c2cc(-c4cccnc4)cc(=O)n2C3)n1. The minimum Gasteiger partial charge on any atom is -0.312 e. The second-order valence-corrected chi connectivity index (χ2v) is 7.90. The lowest BCUT2D eigenvalue weighted by Gasteiger charge is -2.42. The maximum atomic E-state index is 12.8. The number of hydrogen-bond acceptors (Lipinski definition) is 5. The van der Waals surface area contributed by atoms with Crippen LogP contribution in [0.15, 0.2) is 41.5 Å². The Morgan fingerprint density at radius 3 is 2.93 bits per heavy atom. The molecule has 2 aliphatic rings. The van der Waals surface area contributed by atoms with Crippen molar-refractivity contribution in [2.75, 3.05) is 13.1 Å². The third-order valence-electron chi connectivity index (χ3n) is 5.89. The Kier molecular flexibility index (Phi) is 4.31. The molecule has 5 heterocycles. The molecule has 7 nitrogen and oxygen atoms in total. The Morgan fingerprint density at radius 2 is 2.14 bits per heavy atom. The molecule has 0 amide bonds. The largest absolute Gasteiger partial charge is 0.312 e.